The Morgan fingerprint density at radius 2 is 2.24 bits per heavy atom. The number of carbonyl (C=O) groups excluding carboxylic acids is 1. The Bertz CT molecular complexity index is 703. The molecule has 0 aromatic carbocycles. The normalized spacial score (nSPS) is 10.1. The topological polar surface area (TPSA) is 137 Å². The van der Waals surface area contributed by atoms with Crippen molar-refractivity contribution in [2.75, 3.05) is 5.73 Å². The zero-order chi connectivity index (χ0) is 15.4. The zero-order valence-corrected chi connectivity index (χ0v) is 11.1. The van der Waals surface area contributed by atoms with Crippen LogP contribution in [0.2, 0.25) is 0 Å². The first-order valence-electron chi connectivity index (χ1n) is 5.94. The molecule has 0 atom stereocenters. The summed E-state index contributed by atoms with van der Waals surface area (Å²) < 4.78 is 0. The van der Waals surface area contributed by atoms with Gasteiger partial charge in [0, 0.05) is 6.20 Å². The number of rotatable bonds is 4. The van der Waals surface area contributed by atoms with E-state index in [1.807, 2.05) is 0 Å². The van der Waals surface area contributed by atoms with Gasteiger partial charge in [-0.05, 0) is 19.1 Å². The summed E-state index contributed by atoms with van der Waals surface area (Å²) >= 11 is 0. The van der Waals surface area contributed by atoms with Gasteiger partial charge >= 0.3 is 0 Å². The molecule has 0 aliphatic heterocycles. The second-order valence-corrected chi connectivity index (χ2v) is 4.16. The molecule has 0 saturated heterocycles. The Morgan fingerprint density at radius 3 is 2.90 bits per heavy atom. The molecular formula is C12H12N6O3. The van der Waals surface area contributed by atoms with Crippen LogP contribution < -0.4 is 11.1 Å². The van der Waals surface area contributed by atoms with Crippen LogP contribution in [0.4, 0.5) is 11.5 Å². The summed E-state index contributed by atoms with van der Waals surface area (Å²) in [7, 11) is 0. The van der Waals surface area contributed by atoms with Gasteiger partial charge in [0.2, 0.25) is 0 Å². The lowest BCUT2D eigenvalue weighted by atomic mass is 10.2. The molecule has 0 unspecified atom stereocenters. The maximum atomic E-state index is 12.0. The van der Waals surface area contributed by atoms with Gasteiger partial charge in [-0.3, -0.25) is 14.9 Å². The van der Waals surface area contributed by atoms with Crippen LogP contribution in [0.25, 0.3) is 0 Å². The fourth-order valence-electron chi connectivity index (χ4n) is 1.66. The monoisotopic (exact) mass is 288 g/mol. The van der Waals surface area contributed by atoms with E-state index in [9.17, 15) is 14.9 Å². The van der Waals surface area contributed by atoms with Crippen molar-refractivity contribution in [2.24, 2.45) is 0 Å². The Balaban J connectivity index is 2.17. The second kappa shape index (κ2) is 5.90. The van der Waals surface area contributed by atoms with E-state index in [4.69, 9.17) is 5.73 Å². The predicted octanol–water partition coefficient (Wildman–Crippen LogP) is 0.600. The van der Waals surface area contributed by atoms with E-state index in [0.29, 0.717) is 11.5 Å². The van der Waals surface area contributed by atoms with Crippen LogP contribution in [0, 0.1) is 17.0 Å². The molecule has 3 N–H and O–H groups in total. The molecular weight excluding hydrogens is 276 g/mol. The molecule has 0 aliphatic carbocycles. The fourth-order valence-corrected chi connectivity index (χ4v) is 1.66. The molecule has 9 nitrogen and oxygen atoms in total. The van der Waals surface area contributed by atoms with Gasteiger partial charge in [-0.2, -0.15) is 0 Å². The molecule has 21 heavy (non-hydrogen) atoms. The quantitative estimate of drug-likeness (QED) is 0.620. The molecule has 9 heteroatoms. The number of carbonyl (C=O) groups is 1. The highest BCUT2D eigenvalue weighted by Crippen LogP contribution is 2.18. The SMILES string of the molecule is Cc1nccc(CNC(=O)c2cc(N)ncc2[N+](=O)[O-])n1. The van der Waals surface area contributed by atoms with Gasteiger partial charge in [0.05, 0.1) is 17.2 Å². The first-order valence-corrected chi connectivity index (χ1v) is 5.94. The average molecular weight is 288 g/mol. The largest absolute Gasteiger partial charge is 0.384 e. The lowest BCUT2D eigenvalue weighted by Crippen LogP contribution is -2.24. The summed E-state index contributed by atoms with van der Waals surface area (Å²) in [6, 6.07) is 2.81. The van der Waals surface area contributed by atoms with E-state index in [1.54, 1.807) is 19.2 Å². The van der Waals surface area contributed by atoms with Gasteiger partial charge in [-0.15, -0.1) is 0 Å². The second-order valence-electron chi connectivity index (χ2n) is 4.16. The van der Waals surface area contributed by atoms with E-state index >= 15 is 0 Å². The van der Waals surface area contributed by atoms with Crippen molar-refractivity contribution in [2.45, 2.75) is 13.5 Å². The van der Waals surface area contributed by atoms with E-state index < -0.39 is 16.5 Å². The van der Waals surface area contributed by atoms with Crippen molar-refractivity contribution in [3.05, 3.63) is 51.7 Å². The smallest absolute Gasteiger partial charge is 0.300 e. The number of nitro groups is 1. The van der Waals surface area contributed by atoms with Crippen molar-refractivity contribution in [3.8, 4) is 0 Å². The predicted molar refractivity (Wildman–Crippen MR) is 73.2 cm³/mol. The van der Waals surface area contributed by atoms with E-state index in [-0.39, 0.29) is 17.9 Å². The fraction of sp³-hybridized carbons (Fsp3) is 0.167. The van der Waals surface area contributed by atoms with Crippen LogP contribution in [0.3, 0.4) is 0 Å². The highest BCUT2D eigenvalue weighted by molar-refractivity contribution is 5.98. The van der Waals surface area contributed by atoms with E-state index in [0.717, 1.165) is 6.20 Å². The molecule has 2 heterocycles. The summed E-state index contributed by atoms with van der Waals surface area (Å²) in [6.45, 7) is 1.85. The summed E-state index contributed by atoms with van der Waals surface area (Å²) in [5, 5.41) is 13.4. The molecule has 2 aromatic rings. The zero-order valence-electron chi connectivity index (χ0n) is 11.1. The summed E-state index contributed by atoms with van der Waals surface area (Å²) in [5.41, 5.74) is 5.51. The molecule has 1 amide bonds. The summed E-state index contributed by atoms with van der Waals surface area (Å²) in [4.78, 5) is 33.9. The lowest BCUT2D eigenvalue weighted by molar-refractivity contribution is -0.385. The van der Waals surface area contributed by atoms with Gasteiger partial charge in [-0.1, -0.05) is 0 Å². The molecule has 0 spiro atoms. The maximum Gasteiger partial charge on any atom is 0.300 e. The van der Waals surface area contributed by atoms with Gasteiger partial charge in [0.1, 0.15) is 23.4 Å². The van der Waals surface area contributed by atoms with Crippen LogP contribution >= 0.6 is 0 Å². The third-order valence-corrected chi connectivity index (χ3v) is 2.61. The molecule has 0 aliphatic rings. The summed E-state index contributed by atoms with van der Waals surface area (Å²) in [5.74, 6) is -0.0171. The van der Waals surface area contributed by atoms with Crippen molar-refractivity contribution >= 4 is 17.4 Å². The first-order chi connectivity index (χ1) is 9.97. The average Bonchev–Trinajstić information content (AvgIpc) is 2.44. The van der Waals surface area contributed by atoms with Crippen LogP contribution in [-0.2, 0) is 6.54 Å². The number of nitrogens with two attached hydrogens (primary N) is 1. The van der Waals surface area contributed by atoms with Gasteiger partial charge in [0.15, 0.2) is 0 Å². The van der Waals surface area contributed by atoms with Crippen LogP contribution in [-0.4, -0.2) is 25.8 Å². The van der Waals surface area contributed by atoms with Gasteiger partial charge < -0.3 is 11.1 Å². The molecule has 0 fully saturated rings. The standard InChI is InChI=1S/C12H12N6O3/c1-7-14-3-2-8(17-7)5-16-12(19)9-4-11(13)15-6-10(9)18(20)21/h2-4,6H,5H2,1H3,(H2,13,15)(H,16,19). The minimum Gasteiger partial charge on any atom is -0.384 e. The van der Waals surface area contributed by atoms with Crippen LogP contribution in [0.15, 0.2) is 24.5 Å². The third-order valence-electron chi connectivity index (χ3n) is 2.61. The Hall–Kier alpha value is -3.10. The van der Waals surface area contributed by atoms with Crippen molar-refractivity contribution in [1.29, 1.82) is 0 Å². The molecule has 0 saturated carbocycles. The Morgan fingerprint density at radius 1 is 1.48 bits per heavy atom. The number of pyridine rings is 1. The van der Waals surface area contributed by atoms with Crippen LogP contribution in [0.1, 0.15) is 21.9 Å². The number of nitrogens with zero attached hydrogens (tertiary/aromatic N) is 4. The Kier molecular flexibility index (Phi) is 4.02. The van der Waals surface area contributed by atoms with Crippen molar-refractivity contribution in [1.82, 2.24) is 20.3 Å². The van der Waals surface area contributed by atoms with Crippen molar-refractivity contribution in [3.63, 3.8) is 0 Å². The third kappa shape index (κ3) is 3.47. The first kappa shape index (κ1) is 14.3. The number of amides is 1. The number of aryl methyl sites for hydroxylation is 1. The minimum absolute atomic E-state index is 0.0311. The number of nitrogens with one attached hydrogen (secondary N) is 1. The number of anilines is 1. The highest BCUT2D eigenvalue weighted by Gasteiger charge is 2.21. The van der Waals surface area contributed by atoms with Crippen LogP contribution in [0.5, 0.6) is 0 Å². The summed E-state index contributed by atoms with van der Waals surface area (Å²) in [6.07, 6.45) is 2.52. The highest BCUT2D eigenvalue weighted by atomic mass is 16.6. The lowest BCUT2D eigenvalue weighted by Gasteiger charge is -2.06. The molecule has 108 valence electrons. The number of nitrogen functional groups attached to an aromatic ring is 1. The minimum atomic E-state index is -0.684. The molecule has 0 bridgehead atoms. The Labute approximate surface area is 119 Å². The molecule has 2 aromatic heterocycles. The molecule has 0 radical (unpaired) electrons. The maximum absolute atomic E-state index is 12.0. The van der Waals surface area contributed by atoms with Crippen molar-refractivity contribution < 1.29 is 9.72 Å². The number of hydrogen-bond acceptors (Lipinski definition) is 7. The van der Waals surface area contributed by atoms with Gasteiger partial charge in [-0.25, -0.2) is 15.0 Å². The number of hydrogen-bond donors (Lipinski definition) is 2. The number of aromatic nitrogens is 3. The van der Waals surface area contributed by atoms with E-state index in [1.165, 1.54) is 6.07 Å². The van der Waals surface area contributed by atoms with E-state index in [2.05, 4.69) is 20.3 Å². The molecule has 2 rings (SSSR count). The van der Waals surface area contributed by atoms with Gasteiger partial charge in [0.25, 0.3) is 11.6 Å².